The molecule has 0 fully saturated rings. The minimum absolute atomic E-state index is 0.0733. The van der Waals surface area contributed by atoms with Crippen molar-refractivity contribution in [1.82, 2.24) is 5.32 Å². The highest BCUT2D eigenvalue weighted by molar-refractivity contribution is 5.82. The van der Waals surface area contributed by atoms with Crippen LogP contribution >= 0.6 is 0 Å². The second-order valence-corrected chi connectivity index (χ2v) is 5.81. The van der Waals surface area contributed by atoms with Crippen molar-refractivity contribution < 1.29 is 18.8 Å². The summed E-state index contributed by atoms with van der Waals surface area (Å²) in [5.41, 5.74) is -0.512. The normalized spacial score (nSPS) is 12.1. The Labute approximate surface area is 97.3 Å². The second-order valence-electron chi connectivity index (χ2n) is 5.81. The van der Waals surface area contributed by atoms with Gasteiger partial charge in [0.15, 0.2) is 6.54 Å². The molecule has 94 valence electrons. The highest BCUT2D eigenvalue weighted by Crippen LogP contribution is 2.06. The highest BCUT2D eigenvalue weighted by Gasteiger charge is 2.18. The lowest BCUT2D eigenvalue weighted by atomic mass is 10.2. The number of carbonyl (C=O) groups is 2. The van der Waals surface area contributed by atoms with Crippen LogP contribution in [0.25, 0.3) is 0 Å². The first-order valence-corrected chi connectivity index (χ1v) is 5.29. The Bertz CT molecular complexity index is 233. The van der Waals surface area contributed by atoms with Crippen molar-refractivity contribution in [2.45, 2.75) is 26.4 Å². The van der Waals surface area contributed by atoms with E-state index in [-0.39, 0.29) is 12.5 Å². The zero-order valence-corrected chi connectivity index (χ0v) is 11.1. The molecule has 0 saturated heterocycles. The van der Waals surface area contributed by atoms with Gasteiger partial charge in [0.2, 0.25) is 0 Å². The molecule has 0 aromatic rings. The van der Waals surface area contributed by atoms with E-state index in [1.54, 1.807) is 20.8 Å². The number of esters is 1. The van der Waals surface area contributed by atoms with Crippen molar-refractivity contribution in [3.8, 4) is 0 Å². The van der Waals surface area contributed by atoms with Gasteiger partial charge in [-0.1, -0.05) is 0 Å². The van der Waals surface area contributed by atoms with E-state index < -0.39 is 11.6 Å². The fraction of sp³-hybridized carbons (Fsp3) is 0.818. The smallest absolute Gasteiger partial charge is 0.325 e. The third-order valence-electron chi connectivity index (χ3n) is 1.47. The number of amides is 1. The Balaban J connectivity index is 3.90. The zero-order chi connectivity index (χ0) is 13.0. The Hall–Kier alpha value is -1.10. The topological polar surface area (TPSA) is 55.4 Å². The summed E-state index contributed by atoms with van der Waals surface area (Å²) in [6.45, 7) is 5.63. The maximum Gasteiger partial charge on any atom is 0.325 e. The first-order chi connectivity index (χ1) is 6.99. The van der Waals surface area contributed by atoms with Crippen LogP contribution in [0.5, 0.6) is 0 Å². The van der Waals surface area contributed by atoms with Crippen LogP contribution in [-0.2, 0) is 14.3 Å². The van der Waals surface area contributed by atoms with Gasteiger partial charge in [0, 0.05) is 0 Å². The molecular weight excluding hydrogens is 208 g/mol. The molecule has 1 amide bonds. The summed E-state index contributed by atoms with van der Waals surface area (Å²) in [5, 5.41) is 2.53. The van der Waals surface area contributed by atoms with Crippen molar-refractivity contribution in [2.24, 2.45) is 0 Å². The first-order valence-electron chi connectivity index (χ1n) is 5.29. The molecular formula is C11H23N2O3+. The number of quaternary nitrogens is 1. The second kappa shape index (κ2) is 5.30. The van der Waals surface area contributed by atoms with Crippen LogP contribution in [-0.4, -0.2) is 56.2 Å². The van der Waals surface area contributed by atoms with Gasteiger partial charge in [-0.05, 0) is 20.8 Å². The third kappa shape index (κ3) is 9.45. The minimum atomic E-state index is -0.512. The molecule has 0 aromatic carbocycles. The Morgan fingerprint density at radius 2 is 1.69 bits per heavy atom. The Morgan fingerprint density at radius 1 is 1.19 bits per heavy atom. The zero-order valence-electron chi connectivity index (χ0n) is 11.1. The number of nitrogens with zero attached hydrogens (tertiary/aromatic N) is 1. The third-order valence-corrected chi connectivity index (χ3v) is 1.47. The summed E-state index contributed by atoms with van der Waals surface area (Å²) in [6, 6.07) is 0. The van der Waals surface area contributed by atoms with Gasteiger partial charge in [0.1, 0.15) is 12.1 Å². The lowest BCUT2D eigenvalue weighted by molar-refractivity contribution is -0.862. The van der Waals surface area contributed by atoms with Crippen molar-refractivity contribution in [3.05, 3.63) is 0 Å². The first kappa shape index (κ1) is 14.9. The number of rotatable bonds is 4. The lowest BCUT2D eigenvalue weighted by Crippen LogP contribution is -2.45. The van der Waals surface area contributed by atoms with E-state index in [0.717, 1.165) is 0 Å². The minimum Gasteiger partial charge on any atom is -0.459 e. The van der Waals surface area contributed by atoms with Gasteiger partial charge in [-0.3, -0.25) is 9.59 Å². The molecule has 0 radical (unpaired) electrons. The SMILES string of the molecule is CC(C)(C)OC(=O)CNC(=O)C[N+](C)(C)C. The van der Waals surface area contributed by atoms with Crippen molar-refractivity contribution in [1.29, 1.82) is 0 Å². The number of hydrogen-bond acceptors (Lipinski definition) is 3. The summed E-state index contributed by atoms with van der Waals surface area (Å²) >= 11 is 0. The molecule has 16 heavy (non-hydrogen) atoms. The van der Waals surface area contributed by atoms with Crippen LogP contribution in [0.2, 0.25) is 0 Å². The monoisotopic (exact) mass is 231 g/mol. The molecule has 0 aromatic heterocycles. The summed E-state index contributed by atoms with van der Waals surface area (Å²) < 4.78 is 5.59. The van der Waals surface area contributed by atoms with Crippen molar-refractivity contribution in [3.63, 3.8) is 0 Å². The van der Waals surface area contributed by atoms with Crippen molar-refractivity contribution >= 4 is 11.9 Å². The van der Waals surface area contributed by atoms with Crippen LogP contribution in [0.1, 0.15) is 20.8 Å². The Kier molecular flexibility index (Phi) is 4.93. The summed E-state index contributed by atoms with van der Waals surface area (Å²) in [4.78, 5) is 22.7. The molecule has 0 bridgehead atoms. The Morgan fingerprint density at radius 3 is 2.06 bits per heavy atom. The lowest BCUT2D eigenvalue weighted by Gasteiger charge is -2.23. The predicted octanol–water partition coefficient (Wildman–Crippen LogP) is 0.151. The van der Waals surface area contributed by atoms with Crippen LogP contribution in [0.15, 0.2) is 0 Å². The summed E-state index contributed by atoms with van der Waals surface area (Å²) in [5.74, 6) is -0.569. The fourth-order valence-corrected chi connectivity index (χ4v) is 1.04. The maximum atomic E-state index is 11.4. The number of nitrogens with one attached hydrogen (secondary N) is 1. The molecule has 0 atom stereocenters. The van der Waals surface area contributed by atoms with E-state index in [1.165, 1.54) is 0 Å². The quantitative estimate of drug-likeness (QED) is 0.553. The van der Waals surface area contributed by atoms with E-state index in [4.69, 9.17) is 4.74 Å². The standard InChI is InChI=1S/C11H22N2O3/c1-11(2,3)16-10(15)7-12-9(14)8-13(4,5)6/h7-8H2,1-6H3/p+1. The summed E-state index contributed by atoms with van der Waals surface area (Å²) in [7, 11) is 5.73. The predicted molar refractivity (Wildman–Crippen MR) is 61.8 cm³/mol. The highest BCUT2D eigenvalue weighted by atomic mass is 16.6. The van der Waals surface area contributed by atoms with Gasteiger partial charge in [0.25, 0.3) is 5.91 Å². The van der Waals surface area contributed by atoms with E-state index in [0.29, 0.717) is 11.0 Å². The molecule has 1 N–H and O–H groups in total. The van der Waals surface area contributed by atoms with Gasteiger partial charge < -0.3 is 14.5 Å². The molecule has 0 rings (SSSR count). The molecule has 0 aliphatic carbocycles. The number of likely N-dealkylation sites (N-methyl/N-ethyl adjacent to an activating group) is 1. The molecule has 5 heteroatoms. The average Bonchev–Trinajstić information content (AvgIpc) is 1.94. The van der Waals surface area contributed by atoms with E-state index >= 15 is 0 Å². The van der Waals surface area contributed by atoms with Crippen molar-refractivity contribution in [2.75, 3.05) is 34.2 Å². The van der Waals surface area contributed by atoms with E-state index in [9.17, 15) is 9.59 Å². The fourth-order valence-electron chi connectivity index (χ4n) is 1.04. The number of hydrogen-bond donors (Lipinski definition) is 1. The number of ether oxygens (including phenoxy) is 1. The van der Waals surface area contributed by atoms with E-state index in [2.05, 4.69) is 5.32 Å². The molecule has 0 saturated carbocycles. The van der Waals surface area contributed by atoms with E-state index in [1.807, 2.05) is 21.1 Å². The molecule has 0 unspecified atom stereocenters. The maximum absolute atomic E-state index is 11.4. The molecule has 0 heterocycles. The van der Waals surface area contributed by atoms with Crippen LogP contribution in [0, 0.1) is 0 Å². The van der Waals surface area contributed by atoms with Gasteiger partial charge in [-0.25, -0.2) is 0 Å². The molecule has 0 aliphatic heterocycles. The van der Waals surface area contributed by atoms with Crippen LogP contribution in [0.4, 0.5) is 0 Å². The number of carbonyl (C=O) groups excluding carboxylic acids is 2. The van der Waals surface area contributed by atoms with Gasteiger partial charge in [0.05, 0.1) is 21.1 Å². The summed E-state index contributed by atoms with van der Waals surface area (Å²) in [6.07, 6.45) is 0. The van der Waals surface area contributed by atoms with Gasteiger partial charge >= 0.3 is 5.97 Å². The molecule has 0 spiro atoms. The average molecular weight is 231 g/mol. The largest absolute Gasteiger partial charge is 0.459 e. The van der Waals surface area contributed by atoms with Crippen LogP contribution in [0.3, 0.4) is 0 Å². The van der Waals surface area contributed by atoms with Gasteiger partial charge in [-0.2, -0.15) is 0 Å². The molecule has 5 nitrogen and oxygen atoms in total. The molecule has 0 aliphatic rings. The van der Waals surface area contributed by atoms with Gasteiger partial charge in [-0.15, -0.1) is 0 Å². The van der Waals surface area contributed by atoms with Crippen LogP contribution < -0.4 is 5.32 Å².